The molecule has 0 amide bonds. The van der Waals surface area contributed by atoms with Gasteiger partial charge in [-0.1, -0.05) is 13.3 Å². The molecule has 0 spiro atoms. The maximum absolute atomic E-state index is 5.65. The molecule has 0 fully saturated rings. The molecule has 0 heterocycles. The van der Waals surface area contributed by atoms with Crippen LogP contribution < -0.4 is 0 Å². The Morgan fingerprint density at radius 1 is 0.786 bits per heavy atom. The highest BCUT2D eigenvalue weighted by molar-refractivity contribution is 6.60. The lowest BCUT2D eigenvalue weighted by Gasteiger charge is -2.27. The van der Waals surface area contributed by atoms with Crippen LogP contribution >= 0.6 is 0 Å². The molecule has 14 heavy (non-hydrogen) atoms. The predicted octanol–water partition coefficient (Wildman–Crippen LogP) is 1.62. The fraction of sp³-hybridized carbons (Fsp3) is 1.00. The Hall–Kier alpha value is 0.0569. The monoisotopic (exact) mass is 224 g/mol. The van der Waals surface area contributed by atoms with E-state index >= 15 is 0 Å². The minimum absolute atomic E-state index is 0. The van der Waals surface area contributed by atoms with E-state index in [1.54, 1.807) is 0 Å². The topological polar surface area (TPSA) is 59.2 Å². The molecular formula is C9H24O4Si. The zero-order valence-electron chi connectivity index (χ0n) is 9.76. The van der Waals surface area contributed by atoms with Crippen molar-refractivity contribution >= 4 is 8.80 Å². The molecule has 0 saturated carbocycles. The summed E-state index contributed by atoms with van der Waals surface area (Å²) >= 11 is 0. The summed E-state index contributed by atoms with van der Waals surface area (Å²) in [4.78, 5) is 0. The molecule has 0 aromatic heterocycles. The fourth-order valence-electron chi connectivity index (χ4n) is 1.31. The van der Waals surface area contributed by atoms with Crippen molar-refractivity contribution in [1.29, 1.82) is 0 Å². The summed E-state index contributed by atoms with van der Waals surface area (Å²) in [5, 5.41) is 0. The molecule has 0 bridgehead atoms. The smallest absolute Gasteiger partial charge is 0.412 e. The summed E-state index contributed by atoms with van der Waals surface area (Å²) in [5.41, 5.74) is 0. The zero-order chi connectivity index (χ0) is 10.2. The molecule has 0 aliphatic heterocycles. The van der Waals surface area contributed by atoms with Gasteiger partial charge in [0.05, 0.1) is 0 Å². The summed E-state index contributed by atoms with van der Waals surface area (Å²) in [6.45, 7) is 10.1. The van der Waals surface area contributed by atoms with Crippen LogP contribution in [0.2, 0.25) is 6.04 Å². The van der Waals surface area contributed by atoms with Crippen LogP contribution in [0.1, 0.15) is 34.1 Å². The molecule has 0 unspecified atom stereocenters. The second kappa shape index (κ2) is 9.61. The first-order valence-corrected chi connectivity index (χ1v) is 7.09. The van der Waals surface area contributed by atoms with Gasteiger partial charge in [-0.2, -0.15) is 0 Å². The van der Waals surface area contributed by atoms with Crippen molar-refractivity contribution < 1.29 is 18.8 Å². The summed E-state index contributed by atoms with van der Waals surface area (Å²) < 4.78 is 16.9. The van der Waals surface area contributed by atoms with Crippen molar-refractivity contribution in [2.24, 2.45) is 0 Å². The minimum Gasteiger partial charge on any atom is -0.412 e. The molecule has 2 N–H and O–H groups in total. The summed E-state index contributed by atoms with van der Waals surface area (Å²) in [7, 11) is -2.30. The van der Waals surface area contributed by atoms with E-state index in [-0.39, 0.29) is 5.48 Å². The summed E-state index contributed by atoms with van der Waals surface area (Å²) in [5.74, 6) is 0. The number of hydrogen-bond donors (Lipinski definition) is 0. The Bertz CT molecular complexity index is 91.9. The lowest BCUT2D eigenvalue weighted by Crippen LogP contribution is -2.45. The van der Waals surface area contributed by atoms with Gasteiger partial charge in [-0.05, 0) is 20.8 Å². The van der Waals surface area contributed by atoms with Gasteiger partial charge in [-0.25, -0.2) is 0 Å². The zero-order valence-corrected chi connectivity index (χ0v) is 10.8. The second-order valence-corrected chi connectivity index (χ2v) is 5.46. The average Bonchev–Trinajstić information content (AvgIpc) is 2.06. The van der Waals surface area contributed by atoms with E-state index in [1.807, 2.05) is 20.8 Å². The molecule has 5 heteroatoms. The Balaban J connectivity index is 0. The lowest BCUT2D eigenvalue weighted by atomic mass is 10.6. The van der Waals surface area contributed by atoms with Crippen LogP contribution in [0.25, 0.3) is 0 Å². The summed E-state index contributed by atoms with van der Waals surface area (Å²) in [6, 6.07) is 0.919. The van der Waals surface area contributed by atoms with Crippen LogP contribution in [-0.2, 0) is 13.3 Å². The largest absolute Gasteiger partial charge is 0.500 e. The Morgan fingerprint density at radius 3 is 1.36 bits per heavy atom. The number of hydrogen-bond acceptors (Lipinski definition) is 3. The first kappa shape index (κ1) is 16.5. The summed E-state index contributed by atoms with van der Waals surface area (Å²) in [6.07, 6.45) is 1.05. The van der Waals surface area contributed by atoms with Crippen molar-refractivity contribution in [1.82, 2.24) is 0 Å². The Labute approximate surface area is 88.2 Å². The second-order valence-electron chi connectivity index (χ2n) is 2.73. The molecule has 88 valence electrons. The van der Waals surface area contributed by atoms with Crippen LogP contribution in [0.3, 0.4) is 0 Å². The Morgan fingerprint density at radius 2 is 1.14 bits per heavy atom. The van der Waals surface area contributed by atoms with Crippen LogP contribution in [-0.4, -0.2) is 34.1 Å². The molecule has 0 radical (unpaired) electrons. The highest BCUT2D eigenvalue weighted by Crippen LogP contribution is 2.17. The van der Waals surface area contributed by atoms with Crippen molar-refractivity contribution in [3.63, 3.8) is 0 Å². The first-order chi connectivity index (χ1) is 6.24. The van der Waals surface area contributed by atoms with E-state index in [0.29, 0.717) is 19.8 Å². The average molecular weight is 224 g/mol. The molecule has 0 rings (SSSR count). The van der Waals surface area contributed by atoms with Gasteiger partial charge >= 0.3 is 8.80 Å². The van der Waals surface area contributed by atoms with Gasteiger partial charge in [0, 0.05) is 25.9 Å². The lowest BCUT2D eigenvalue weighted by molar-refractivity contribution is 0.0712. The van der Waals surface area contributed by atoms with E-state index in [9.17, 15) is 0 Å². The van der Waals surface area contributed by atoms with Gasteiger partial charge in [0.15, 0.2) is 0 Å². The molecule has 0 aliphatic rings. The van der Waals surface area contributed by atoms with Gasteiger partial charge in [0.2, 0.25) is 0 Å². The van der Waals surface area contributed by atoms with Gasteiger partial charge < -0.3 is 18.8 Å². The Kier molecular flexibility index (Phi) is 11.3. The molecule has 0 aromatic carbocycles. The standard InChI is InChI=1S/C9H22O3Si.H2O/c1-5-9-13(10-6-2,11-7-3)12-8-4;/h5-9H2,1-4H3;1H2. The molecule has 0 atom stereocenters. The van der Waals surface area contributed by atoms with E-state index < -0.39 is 8.80 Å². The van der Waals surface area contributed by atoms with E-state index in [4.69, 9.17) is 13.3 Å². The van der Waals surface area contributed by atoms with E-state index in [1.165, 1.54) is 0 Å². The third-order valence-corrected chi connectivity index (χ3v) is 4.95. The third-order valence-electron chi connectivity index (χ3n) is 1.65. The van der Waals surface area contributed by atoms with Crippen LogP contribution in [0.5, 0.6) is 0 Å². The number of rotatable bonds is 8. The van der Waals surface area contributed by atoms with Crippen LogP contribution in [0.15, 0.2) is 0 Å². The van der Waals surface area contributed by atoms with Crippen molar-refractivity contribution in [3.8, 4) is 0 Å². The highest BCUT2D eigenvalue weighted by atomic mass is 28.4. The maximum atomic E-state index is 5.65. The van der Waals surface area contributed by atoms with Crippen LogP contribution in [0, 0.1) is 0 Å². The molecule has 4 nitrogen and oxygen atoms in total. The maximum Gasteiger partial charge on any atom is 0.500 e. The highest BCUT2D eigenvalue weighted by Gasteiger charge is 2.38. The van der Waals surface area contributed by atoms with E-state index in [0.717, 1.165) is 12.5 Å². The van der Waals surface area contributed by atoms with Crippen LogP contribution in [0.4, 0.5) is 0 Å². The van der Waals surface area contributed by atoms with Crippen molar-refractivity contribution in [3.05, 3.63) is 0 Å². The third kappa shape index (κ3) is 5.72. The van der Waals surface area contributed by atoms with Gasteiger partial charge in [-0.15, -0.1) is 0 Å². The van der Waals surface area contributed by atoms with E-state index in [2.05, 4.69) is 6.92 Å². The minimum atomic E-state index is -2.30. The molecule has 0 saturated heterocycles. The fourth-order valence-corrected chi connectivity index (χ4v) is 3.92. The normalized spacial score (nSPS) is 11.1. The first-order valence-electron chi connectivity index (χ1n) is 5.16. The quantitative estimate of drug-likeness (QED) is 0.589. The van der Waals surface area contributed by atoms with Crippen molar-refractivity contribution in [2.45, 2.75) is 40.2 Å². The van der Waals surface area contributed by atoms with Crippen molar-refractivity contribution in [2.75, 3.05) is 19.8 Å². The van der Waals surface area contributed by atoms with Gasteiger partial charge in [-0.3, -0.25) is 0 Å². The molecule has 0 aromatic rings. The SMILES string of the molecule is CCC[Si](OCC)(OCC)OCC.O. The predicted molar refractivity (Wildman–Crippen MR) is 59.3 cm³/mol. The molecule has 0 aliphatic carbocycles. The van der Waals surface area contributed by atoms with Gasteiger partial charge in [0.25, 0.3) is 0 Å². The van der Waals surface area contributed by atoms with Gasteiger partial charge in [0.1, 0.15) is 0 Å². The molecular weight excluding hydrogens is 200 g/mol.